The molecule has 2 amide bonds. The number of piperidine rings is 1. The molecule has 11 nitrogen and oxygen atoms in total. The van der Waals surface area contributed by atoms with E-state index in [1.807, 2.05) is 20.9 Å². The minimum Gasteiger partial charge on any atom is -0.469 e. The van der Waals surface area contributed by atoms with E-state index in [4.69, 9.17) is 9.47 Å². The van der Waals surface area contributed by atoms with Gasteiger partial charge in [-0.2, -0.15) is 0 Å². The zero-order valence-electron chi connectivity index (χ0n) is 27.4. The fourth-order valence-corrected chi connectivity index (χ4v) is 8.75. The molecule has 0 spiro atoms. The van der Waals surface area contributed by atoms with Crippen LogP contribution in [0.15, 0.2) is 5.38 Å². The molecule has 6 rings (SSSR count). The number of nitrogens with zero attached hydrogens (tertiary/aromatic N) is 3. The highest BCUT2D eigenvalue weighted by Gasteiger charge is 2.73. The van der Waals surface area contributed by atoms with Crippen LogP contribution in [0.4, 0.5) is 0 Å². The highest BCUT2D eigenvalue weighted by molar-refractivity contribution is 7.09. The van der Waals surface area contributed by atoms with Crippen LogP contribution < -0.4 is 5.32 Å². The van der Waals surface area contributed by atoms with Crippen LogP contribution >= 0.6 is 11.3 Å². The van der Waals surface area contributed by atoms with Gasteiger partial charge in [-0.05, 0) is 70.4 Å². The van der Waals surface area contributed by atoms with E-state index in [0.717, 1.165) is 38.6 Å². The summed E-state index contributed by atoms with van der Waals surface area (Å²) in [6, 6.07) is -0.403. The van der Waals surface area contributed by atoms with E-state index in [1.54, 1.807) is 17.3 Å². The first kappa shape index (κ1) is 33.5. The van der Waals surface area contributed by atoms with E-state index in [1.165, 1.54) is 25.4 Å². The van der Waals surface area contributed by atoms with Gasteiger partial charge in [0.15, 0.2) is 11.9 Å². The molecule has 2 bridgehead atoms. The van der Waals surface area contributed by atoms with Gasteiger partial charge in [0, 0.05) is 49.7 Å². The van der Waals surface area contributed by atoms with Gasteiger partial charge in [0.25, 0.3) is 5.91 Å². The van der Waals surface area contributed by atoms with Crippen molar-refractivity contribution in [2.45, 2.75) is 109 Å². The third-order valence-electron chi connectivity index (χ3n) is 10.5. The molecule has 45 heavy (non-hydrogen) atoms. The number of likely N-dealkylation sites (N-methyl/N-ethyl adjacent to an activating group) is 1. The normalized spacial score (nSPS) is 27.8. The Kier molecular flexibility index (Phi) is 9.75. The molecule has 4 aliphatic carbocycles. The molecular weight excluding hydrogens is 596 g/mol. The van der Waals surface area contributed by atoms with Crippen LogP contribution in [0.5, 0.6) is 0 Å². The number of likely N-dealkylation sites (tertiary alicyclic amines) is 1. The highest BCUT2D eigenvalue weighted by Crippen LogP contribution is 2.67. The summed E-state index contributed by atoms with van der Waals surface area (Å²) in [7, 11) is 5.16. The standard InChI is InChI=1S/C33H48N4O7S/c1-19(2)25(37(5)30(41)22(21-10-11-21)13-26(39)24-9-7-8-12-36(24)4)14-27(44-20(3)38)29-34-23(15-45-29)28(40)35-33-16-32(17-33,18-33)31(42)43-6/h15,19,21-22,24-25,27H,7-14,16-18H2,1-6H3,(H,35,40)/t22-,24+,25+,27+,32?,33?/m0/s1. The van der Waals surface area contributed by atoms with Gasteiger partial charge in [-0.15, -0.1) is 11.3 Å². The number of thiazole rings is 1. The van der Waals surface area contributed by atoms with Gasteiger partial charge in [-0.3, -0.25) is 28.9 Å². The molecule has 1 saturated heterocycles. The fraction of sp³-hybridized carbons (Fsp3) is 0.758. The first-order chi connectivity index (χ1) is 21.3. The average molecular weight is 645 g/mol. The monoisotopic (exact) mass is 644 g/mol. The lowest BCUT2D eigenvalue weighted by Gasteiger charge is -2.68. The lowest BCUT2D eigenvalue weighted by Crippen LogP contribution is -2.77. The second kappa shape index (κ2) is 13.1. The van der Waals surface area contributed by atoms with Crippen LogP contribution in [0.1, 0.15) is 107 Å². The Labute approximate surface area is 269 Å². The predicted octanol–water partition coefficient (Wildman–Crippen LogP) is 3.92. The molecule has 5 fully saturated rings. The van der Waals surface area contributed by atoms with Crippen LogP contribution in [0.25, 0.3) is 0 Å². The van der Waals surface area contributed by atoms with E-state index in [-0.39, 0.29) is 65.5 Å². The van der Waals surface area contributed by atoms with Crippen LogP contribution in [0.3, 0.4) is 0 Å². The largest absolute Gasteiger partial charge is 0.469 e. The van der Waals surface area contributed by atoms with Crippen molar-refractivity contribution in [3.63, 3.8) is 0 Å². The number of Topliss-reactive ketones (excluding diaryl/α,β-unsaturated/α-hetero) is 1. The van der Waals surface area contributed by atoms with Crippen LogP contribution in [-0.2, 0) is 28.7 Å². The number of amides is 2. The second-order valence-corrected chi connectivity index (χ2v) is 15.2. The number of hydrogen-bond acceptors (Lipinski definition) is 10. The van der Waals surface area contributed by atoms with E-state index >= 15 is 0 Å². The summed E-state index contributed by atoms with van der Waals surface area (Å²) in [5.74, 6) is -1.01. The number of nitrogens with one attached hydrogen (secondary N) is 1. The maximum Gasteiger partial charge on any atom is 0.312 e. The Bertz CT molecular complexity index is 1300. The molecule has 2 heterocycles. The van der Waals surface area contributed by atoms with Crippen LogP contribution in [0, 0.1) is 23.2 Å². The smallest absolute Gasteiger partial charge is 0.312 e. The third-order valence-corrected chi connectivity index (χ3v) is 11.4. The molecule has 4 saturated carbocycles. The molecule has 1 aromatic rings. The van der Waals surface area contributed by atoms with Crippen molar-refractivity contribution in [3.05, 3.63) is 16.1 Å². The summed E-state index contributed by atoms with van der Waals surface area (Å²) in [6.45, 7) is 6.30. The van der Waals surface area contributed by atoms with Gasteiger partial charge in [-0.25, -0.2) is 4.98 Å². The minimum absolute atomic E-state index is 0.0335. The molecule has 0 unspecified atom stereocenters. The molecular formula is C33H48N4O7S. The Morgan fingerprint density at radius 2 is 1.82 bits per heavy atom. The summed E-state index contributed by atoms with van der Waals surface area (Å²) in [6.07, 6.45) is 6.40. The van der Waals surface area contributed by atoms with Crippen molar-refractivity contribution < 1.29 is 33.4 Å². The molecule has 12 heteroatoms. The number of hydrogen-bond donors (Lipinski definition) is 1. The first-order valence-corrected chi connectivity index (χ1v) is 17.2. The Morgan fingerprint density at radius 1 is 1.13 bits per heavy atom. The van der Waals surface area contributed by atoms with Crippen LogP contribution in [-0.4, -0.2) is 89.7 Å². The molecule has 1 aromatic heterocycles. The van der Waals surface area contributed by atoms with Crippen molar-refractivity contribution >= 4 is 40.9 Å². The topological polar surface area (TPSA) is 135 Å². The van der Waals surface area contributed by atoms with Crippen molar-refractivity contribution in [3.8, 4) is 0 Å². The zero-order valence-corrected chi connectivity index (χ0v) is 28.2. The quantitative estimate of drug-likeness (QED) is 0.299. The summed E-state index contributed by atoms with van der Waals surface area (Å²) in [5, 5.41) is 5.18. The van der Waals surface area contributed by atoms with Crippen molar-refractivity contribution in [2.24, 2.45) is 23.2 Å². The summed E-state index contributed by atoms with van der Waals surface area (Å²) in [4.78, 5) is 73.1. The maximum atomic E-state index is 14.0. The fourth-order valence-electron chi connectivity index (χ4n) is 7.91. The molecule has 248 valence electrons. The van der Waals surface area contributed by atoms with E-state index < -0.39 is 23.0 Å². The Morgan fingerprint density at radius 3 is 2.40 bits per heavy atom. The van der Waals surface area contributed by atoms with Gasteiger partial charge >= 0.3 is 11.9 Å². The third kappa shape index (κ3) is 6.96. The summed E-state index contributed by atoms with van der Waals surface area (Å²) < 4.78 is 10.6. The first-order valence-electron chi connectivity index (χ1n) is 16.3. The van der Waals surface area contributed by atoms with Crippen molar-refractivity contribution in [2.75, 3.05) is 27.7 Å². The number of carbonyl (C=O) groups is 5. The summed E-state index contributed by atoms with van der Waals surface area (Å²) in [5.41, 5.74) is -0.639. The SMILES string of the molecule is COC(=O)C12CC(NC(=O)c3csc([C@@H](C[C@H](C(C)C)N(C)C(=O)[C@@H](CC(=O)[C@H]4CCCCN4C)C4CC4)OC(C)=O)n3)(C1)C2. The zero-order chi connectivity index (χ0) is 32.7. The predicted molar refractivity (Wildman–Crippen MR) is 167 cm³/mol. The maximum absolute atomic E-state index is 14.0. The second-order valence-electron chi connectivity index (χ2n) is 14.3. The Hall–Kier alpha value is -2.86. The molecule has 0 radical (unpaired) electrons. The van der Waals surface area contributed by atoms with Crippen molar-refractivity contribution in [1.29, 1.82) is 0 Å². The minimum atomic E-state index is -0.744. The summed E-state index contributed by atoms with van der Waals surface area (Å²) >= 11 is 1.24. The number of esters is 2. The Balaban J connectivity index is 1.25. The van der Waals surface area contributed by atoms with Crippen molar-refractivity contribution in [1.82, 2.24) is 20.1 Å². The van der Waals surface area contributed by atoms with E-state index in [9.17, 15) is 24.0 Å². The van der Waals surface area contributed by atoms with Gasteiger partial charge in [0.2, 0.25) is 5.91 Å². The van der Waals surface area contributed by atoms with E-state index in [2.05, 4.69) is 15.2 Å². The van der Waals surface area contributed by atoms with Gasteiger partial charge in [-0.1, -0.05) is 20.3 Å². The van der Waals surface area contributed by atoms with E-state index in [0.29, 0.717) is 30.7 Å². The number of aromatic nitrogens is 1. The number of rotatable bonds is 14. The molecule has 5 aliphatic rings. The van der Waals surface area contributed by atoms with Crippen LogP contribution in [0.2, 0.25) is 0 Å². The molecule has 1 aliphatic heterocycles. The lowest BCUT2D eigenvalue weighted by molar-refractivity contribution is -0.199. The molecule has 1 N–H and O–H groups in total. The molecule has 0 aromatic carbocycles. The van der Waals surface area contributed by atoms with Gasteiger partial charge in [0.1, 0.15) is 10.7 Å². The number of methoxy groups -OCH3 is 1. The van der Waals surface area contributed by atoms with Gasteiger partial charge in [0.05, 0.1) is 18.6 Å². The number of ether oxygens (including phenoxy) is 2. The number of ketones is 1. The highest BCUT2D eigenvalue weighted by atomic mass is 32.1. The number of carbonyl (C=O) groups excluding carboxylic acids is 5. The molecule has 4 atom stereocenters. The average Bonchev–Trinajstić information content (AvgIpc) is 3.68. The lowest BCUT2D eigenvalue weighted by atomic mass is 9.39. The van der Waals surface area contributed by atoms with Gasteiger partial charge < -0.3 is 19.7 Å².